The van der Waals surface area contributed by atoms with Gasteiger partial charge >= 0.3 is 0 Å². The molecule has 1 aliphatic heterocycles. The van der Waals surface area contributed by atoms with E-state index in [1.165, 1.54) is 5.56 Å². The zero-order valence-corrected chi connectivity index (χ0v) is 19.6. The number of Topliss-reactive ketones (excluding diaryl/α,β-unsaturated/α-hetero) is 1. The van der Waals surface area contributed by atoms with Gasteiger partial charge in [-0.2, -0.15) is 0 Å². The van der Waals surface area contributed by atoms with Gasteiger partial charge in [-0.25, -0.2) is 0 Å². The molecule has 0 bridgehead atoms. The van der Waals surface area contributed by atoms with Crippen LogP contribution in [0, 0.1) is 5.92 Å². The number of rotatable bonds is 9. The molecule has 0 N–H and O–H groups in total. The summed E-state index contributed by atoms with van der Waals surface area (Å²) in [5.41, 5.74) is 1.25. The van der Waals surface area contributed by atoms with E-state index < -0.39 is 0 Å². The first-order valence-corrected chi connectivity index (χ1v) is 10.7. The lowest BCUT2D eigenvalue weighted by Crippen LogP contribution is -2.49. The van der Waals surface area contributed by atoms with Gasteiger partial charge in [-0.1, -0.05) is 43.3 Å². The molecule has 3 rings (SSSR count). The molecule has 0 spiro atoms. The van der Waals surface area contributed by atoms with Gasteiger partial charge in [0.15, 0.2) is 5.78 Å². The molecule has 0 amide bonds. The summed E-state index contributed by atoms with van der Waals surface area (Å²) in [7, 11) is 0. The normalized spacial score (nSPS) is 17.0. The van der Waals surface area contributed by atoms with Crippen molar-refractivity contribution >= 4 is 41.9 Å². The average Bonchev–Trinajstić information content (AvgIpc) is 3.24. The second-order valence-electron chi connectivity index (χ2n) is 7.20. The summed E-state index contributed by atoms with van der Waals surface area (Å²) in [4.78, 5) is 18.3. The van der Waals surface area contributed by atoms with Crippen LogP contribution in [-0.2, 0) is 4.74 Å². The van der Waals surface area contributed by atoms with E-state index in [4.69, 9.17) is 4.74 Å². The Labute approximate surface area is 191 Å². The minimum absolute atomic E-state index is 0. The van der Waals surface area contributed by atoms with Gasteiger partial charge in [-0.05, 0) is 23.9 Å². The van der Waals surface area contributed by atoms with Crippen molar-refractivity contribution in [3.63, 3.8) is 0 Å². The van der Waals surface area contributed by atoms with Crippen LogP contribution in [0.5, 0.6) is 0 Å². The Kier molecular flexibility index (Phi) is 12.0. The number of piperazine rings is 1. The number of nitrogens with zero attached hydrogens (tertiary/aromatic N) is 2. The molecular formula is C22H32Cl2N2O2S. The highest BCUT2D eigenvalue weighted by Crippen LogP contribution is 2.20. The molecule has 4 nitrogen and oxygen atoms in total. The number of halogens is 2. The van der Waals surface area contributed by atoms with E-state index in [0.717, 1.165) is 50.8 Å². The predicted molar refractivity (Wildman–Crippen MR) is 126 cm³/mol. The lowest BCUT2D eigenvalue weighted by Gasteiger charge is -2.37. The molecular weight excluding hydrogens is 427 g/mol. The number of hydrogen-bond donors (Lipinski definition) is 0. The summed E-state index contributed by atoms with van der Waals surface area (Å²) >= 11 is 1.54. The number of benzene rings is 1. The van der Waals surface area contributed by atoms with Gasteiger partial charge < -0.3 is 9.64 Å². The fourth-order valence-electron chi connectivity index (χ4n) is 3.64. The van der Waals surface area contributed by atoms with Crippen LogP contribution in [0.3, 0.4) is 0 Å². The summed E-state index contributed by atoms with van der Waals surface area (Å²) in [6.45, 7) is 10.7. The molecule has 1 aromatic carbocycles. The van der Waals surface area contributed by atoms with E-state index in [9.17, 15) is 4.79 Å². The first-order chi connectivity index (χ1) is 13.2. The number of hydrogen-bond acceptors (Lipinski definition) is 5. The first kappa shape index (κ1) is 26.1. The molecule has 1 saturated heterocycles. The molecule has 2 unspecified atom stereocenters. The highest BCUT2D eigenvalue weighted by Gasteiger charge is 2.24. The third kappa shape index (κ3) is 7.67. The number of ether oxygens (including phenoxy) is 1. The highest BCUT2D eigenvalue weighted by molar-refractivity contribution is 7.12. The molecule has 2 heterocycles. The predicted octanol–water partition coefficient (Wildman–Crippen LogP) is 4.81. The van der Waals surface area contributed by atoms with E-state index in [1.807, 2.05) is 23.6 Å². The summed E-state index contributed by atoms with van der Waals surface area (Å²) < 4.78 is 6.00. The highest BCUT2D eigenvalue weighted by atomic mass is 35.5. The van der Waals surface area contributed by atoms with Crippen molar-refractivity contribution in [3.05, 3.63) is 58.3 Å². The fraction of sp³-hybridized carbons (Fsp3) is 0.500. The van der Waals surface area contributed by atoms with Gasteiger partial charge in [0.2, 0.25) is 0 Å². The maximum Gasteiger partial charge on any atom is 0.176 e. The van der Waals surface area contributed by atoms with Crippen LogP contribution in [0.15, 0.2) is 47.8 Å². The maximum atomic E-state index is 12.5. The fourth-order valence-corrected chi connectivity index (χ4v) is 4.42. The van der Waals surface area contributed by atoms with E-state index in [0.29, 0.717) is 0 Å². The lowest BCUT2D eigenvalue weighted by atomic mass is 10.0. The second kappa shape index (κ2) is 13.4. The minimum Gasteiger partial charge on any atom is -0.372 e. The van der Waals surface area contributed by atoms with Crippen molar-refractivity contribution in [1.82, 2.24) is 9.80 Å². The quantitative estimate of drug-likeness (QED) is 0.504. The largest absolute Gasteiger partial charge is 0.372 e. The molecule has 0 saturated carbocycles. The molecule has 1 aromatic heterocycles. The molecule has 1 aliphatic rings. The smallest absolute Gasteiger partial charge is 0.176 e. The Hall–Kier alpha value is -0.950. The minimum atomic E-state index is 0. The molecule has 29 heavy (non-hydrogen) atoms. The Bertz CT molecular complexity index is 692. The molecule has 0 radical (unpaired) electrons. The van der Waals surface area contributed by atoms with Crippen LogP contribution in [0.2, 0.25) is 0 Å². The van der Waals surface area contributed by atoms with Gasteiger partial charge in [-0.15, -0.1) is 36.2 Å². The zero-order valence-electron chi connectivity index (χ0n) is 17.2. The summed E-state index contributed by atoms with van der Waals surface area (Å²) in [5, 5.41) is 1.97. The SMILES string of the molecule is CCOC(CN1CCN(CC(C)C(=O)c2cccs2)CC1)c1ccccc1.Cl.Cl. The second-order valence-corrected chi connectivity index (χ2v) is 8.15. The first-order valence-electron chi connectivity index (χ1n) is 9.86. The van der Waals surface area contributed by atoms with Crippen molar-refractivity contribution in [2.75, 3.05) is 45.9 Å². The number of carbonyl (C=O) groups excluding carboxylic acids is 1. The number of thiophene rings is 1. The Morgan fingerprint density at radius 3 is 2.17 bits per heavy atom. The number of ketones is 1. The molecule has 2 aromatic rings. The van der Waals surface area contributed by atoms with Crippen LogP contribution >= 0.6 is 36.2 Å². The Morgan fingerprint density at radius 2 is 1.62 bits per heavy atom. The van der Waals surface area contributed by atoms with Crippen LogP contribution in [0.1, 0.15) is 35.2 Å². The van der Waals surface area contributed by atoms with E-state index >= 15 is 0 Å². The van der Waals surface area contributed by atoms with Gasteiger partial charge in [0, 0.05) is 51.8 Å². The van der Waals surface area contributed by atoms with E-state index in [2.05, 4.69) is 47.9 Å². The van der Waals surface area contributed by atoms with Crippen LogP contribution in [0.25, 0.3) is 0 Å². The molecule has 2 atom stereocenters. The summed E-state index contributed by atoms with van der Waals surface area (Å²) in [6, 6.07) is 14.4. The van der Waals surface area contributed by atoms with Crippen molar-refractivity contribution in [3.8, 4) is 0 Å². The maximum absolute atomic E-state index is 12.5. The van der Waals surface area contributed by atoms with Gasteiger partial charge in [0.05, 0.1) is 11.0 Å². The van der Waals surface area contributed by atoms with E-state index in [1.54, 1.807) is 11.3 Å². The van der Waals surface area contributed by atoms with Crippen molar-refractivity contribution in [1.29, 1.82) is 0 Å². The van der Waals surface area contributed by atoms with Crippen LogP contribution in [0.4, 0.5) is 0 Å². The molecule has 0 aliphatic carbocycles. The standard InChI is InChI=1S/C22H30N2O2S.2ClH/c1-3-26-20(19-8-5-4-6-9-19)17-24-13-11-23(12-14-24)16-18(2)22(25)21-10-7-15-27-21;;/h4-10,15,18,20H,3,11-14,16-17H2,1-2H3;2*1H. The van der Waals surface area contributed by atoms with E-state index in [-0.39, 0.29) is 42.6 Å². The van der Waals surface area contributed by atoms with Crippen LogP contribution in [-0.4, -0.2) is 61.5 Å². The Morgan fingerprint density at radius 1 is 1.00 bits per heavy atom. The van der Waals surface area contributed by atoms with Gasteiger partial charge in [0.25, 0.3) is 0 Å². The third-order valence-electron chi connectivity index (χ3n) is 5.17. The topological polar surface area (TPSA) is 32.8 Å². The lowest BCUT2D eigenvalue weighted by molar-refractivity contribution is 0.0170. The van der Waals surface area contributed by atoms with Crippen molar-refractivity contribution in [2.45, 2.75) is 20.0 Å². The van der Waals surface area contributed by atoms with Gasteiger partial charge in [0.1, 0.15) is 0 Å². The molecule has 162 valence electrons. The van der Waals surface area contributed by atoms with Gasteiger partial charge in [-0.3, -0.25) is 9.69 Å². The summed E-state index contributed by atoms with van der Waals surface area (Å²) in [6.07, 6.45) is 0.127. The van der Waals surface area contributed by atoms with Crippen molar-refractivity contribution in [2.24, 2.45) is 5.92 Å². The molecule has 1 fully saturated rings. The average molecular weight is 459 g/mol. The zero-order chi connectivity index (χ0) is 19.1. The molecule has 7 heteroatoms. The number of carbonyl (C=O) groups is 1. The summed E-state index contributed by atoms with van der Waals surface area (Å²) in [5.74, 6) is 0.323. The van der Waals surface area contributed by atoms with Crippen LogP contribution < -0.4 is 0 Å². The monoisotopic (exact) mass is 458 g/mol. The van der Waals surface area contributed by atoms with Crippen molar-refractivity contribution < 1.29 is 9.53 Å². The Balaban J connectivity index is 0.00000210. The third-order valence-corrected chi connectivity index (χ3v) is 6.06.